The Hall–Kier alpha value is -2.71. The number of ether oxygens (including phenoxy) is 4. The van der Waals surface area contributed by atoms with E-state index in [9.17, 15) is 42.9 Å². The van der Waals surface area contributed by atoms with E-state index < -0.39 is 60.2 Å². The standard InChI is InChI=1S/C83H164N4O17P2/c1-7-13-19-25-29-33-35-39-41-47-53-59-79(88)86-75(71-97-67-63-77(57-51-45-23-17-11-5)103-81(90)61-55-49-43-37-31-27-21-15-9-3)73-101-105(93,94)99-69-65-84-83(92)85-66-70-100-106(95,96)102-74-76(87-80(89)60-54-48-42-40-36-34-30-26-20-14-8-2)72-98-68-64-78(58-52-46-24-18-12-6)104-82(91)62-56-50-44-38-32-28-22-16-10-4/h75-78H,7-74H2,1-6H3,(H,86,88)(H,87,89)(H,93,94)(H,95,96)(H2,84,85,92)/t75-,76-,77+,78+/m0/s1. The number of urea groups is 1. The third-order valence-corrected chi connectivity index (χ3v) is 21.5. The number of rotatable bonds is 84. The maximum absolute atomic E-state index is 13.3. The molecule has 0 fully saturated rings. The molecule has 6 atom stereocenters. The van der Waals surface area contributed by atoms with E-state index in [4.69, 9.17) is 37.0 Å². The molecule has 0 spiro atoms. The zero-order valence-corrected chi connectivity index (χ0v) is 70.6. The first-order valence-corrected chi connectivity index (χ1v) is 46.9. The molecule has 0 rings (SSSR count). The van der Waals surface area contributed by atoms with Crippen molar-refractivity contribution in [3.63, 3.8) is 0 Å². The van der Waals surface area contributed by atoms with Crippen LogP contribution in [0.1, 0.15) is 414 Å². The summed E-state index contributed by atoms with van der Waals surface area (Å²) in [6, 6.07) is -2.32. The third kappa shape index (κ3) is 74.1. The SMILES string of the molecule is CCCCCCCCCCCCCC(=O)N[C@@H](COCC[C@@H](CCCCCCC)OC(=O)CCCCCCCCCCC)COP(=O)(O)OCCNC(=O)NCCOP(=O)(O)OC[C@H](COCC[C@@H](CCCCCCC)OC(=O)CCCCCCCCCCC)NC(=O)CCCCCCCCCCCCC. The number of amides is 4. The molecule has 4 amide bonds. The minimum absolute atomic E-state index is 0.0302. The third-order valence-electron chi connectivity index (χ3n) is 19.5. The molecule has 0 aliphatic heterocycles. The lowest BCUT2D eigenvalue weighted by atomic mass is 10.1. The Balaban J connectivity index is 5.56. The molecular formula is C83H164N4O17P2. The highest BCUT2D eigenvalue weighted by Gasteiger charge is 2.27. The molecule has 0 heterocycles. The van der Waals surface area contributed by atoms with E-state index in [0.29, 0.717) is 38.5 Å². The van der Waals surface area contributed by atoms with Gasteiger partial charge in [-0.05, 0) is 51.4 Å². The van der Waals surface area contributed by atoms with Crippen molar-refractivity contribution in [1.82, 2.24) is 21.3 Å². The van der Waals surface area contributed by atoms with Crippen molar-refractivity contribution in [3.05, 3.63) is 0 Å². The fourth-order valence-corrected chi connectivity index (χ4v) is 14.5. The zero-order valence-electron chi connectivity index (χ0n) is 68.8. The lowest BCUT2D eigenvalue weighted by molar-refractivity contribution is -0.151. The molecule has 0 saturated carbocycles. The summed E-state index contributed by atoms with van der Waals surface area (Å²) in [6.07, 6.45) is 59.9. The van der Waals surface area contributed by atoms with Gasteiger partial charge in [-0.2, -0.15) is 0 Å². The monoisotopic (exact) mass is 1550 g/mol. The van der Waals surface area contributed by atoms with Crippen LogP contribution in [-0.4, -0.2) is 130 Å². The second-order valence-electron chi connectivity index (χ2n) is 30.0. The Morgan fingerprint density at radius 2 is 0.538 bits per heavy atom. The second-order valence-corrected chi connectivity index (χ2v) is 32.9. The van der Waals surface area contributed by atoms with Gasteiger partial charge in [-0.25, -0.2) is 13.9 Å². The highest BCUT2D eigenvalue weighted by molar-refractivity contribution is 7.47. The van der Waals surface area contributed by atoms with Crippen LogP contribution in [0.15, 0.2) is 0 Å². The van der Waals surface area contributed by atoms with Crippen molar-refractivity contribution in [2.75, 3.05) is 65.9 Å². The summed E-state index contributed by atoms with van der Waals surface area (Å²) < 4.78 is 71.7. The van der Waals surface area contributed by atoms with Gasteiger partial charge >= 0.3 is 33.6 Å². The van der Waals surface area contributed by atoms with Gasteiger partial charge < -0.3 is 50.0 Å². The van der Waals surface area contributed by atoms with Crippen LogP contribution in [0.5, 0.6) is 0 Å². The molecule has 0 saturated heterocycles. The number of unbranched alkanes of at least 4 members (excludes halogenated alkanes) is 44. The van der Waals surface area contributed by atoms with E-state index in [1.54, 1.807) is 0 Å². The van der Waals surface area contributed by atoms with Crippen molar-refractivity contribution >= 4 is 45.4 Å². The van der Waals surface area contributed by atoms with Crippen molar-refractivity contribution < 1.29 is 79.9 Å². The number of phosphoric ester groups is 2. The number of phosphoric acid groups is 2. The molecule has 23 heteroatoms. The van der Waals surface area contributed by atoms with Crippen LogP contribution in [0.4, 0.5) is 4.79 Å². The first-order valence-electron chi connectivity index (χ1n) is 43.9. The van der Waals surface area contributed by atoms with Gasteiger partial charge in [0.15, 0.2) is 0 Å². The van der Waals surface area contributed by atoms with Crippen molar-refractivity contribution in [1.29, 1.82) is 0 Å². The second kappa shape index (κ2) is 77.6. The summed E-state index contributed by atoms with van der Waals surface area (Å²) in [6.45, 7) is 11.6. The number of carbonyl (C=O) groups excluding carboxylic acids is 5. The predicted octanol–water partition coefficient (Wildman–Crippen LogP) is 22.1. The van der Waals surface area contributed by atoms with Crippen LogP contribution in [0, 0.1) is 0 Å². The molecule has 106 heavy (non-hydrogen) atoms. The van der Waals surface area contributed by atoms with E-state index in [-0.39, 0.29) is 88.3 Å². The lowest BCUT2D eigenvalue weighted by Crippen LogP contribution is -2.41. The van der Waals surface area contributed by atoms with E-state index in [1.807, 2.05) is 0 Å². The van der Waals surface area contributed by atoms with Gasteiger partial charge in [0.05, 0.1) is 64.9 Å². The van der Waals surface area contributed by atoms with Gasteiger partial charge in [-0.15, -0.1) is 0 Å². The number of hydrogen-bond acceptors (Lipinski definition) is 15. The first-order chi connectivity index (χ1) is 51.5. The van der Waals surface area contributed by atoms with Crippen molar-refractivity contribution in [3.8, 4) is 0 Å². The molecular weight excluding hydrogens is 1390 g/mol. The molecule has 0 radical (unpaired) electrons. The topological polar surface area (TPSA) is 282 Å². The number of hydrogen-bond donors (Lipinski definition) is 6. The van der Waals surface area contributed by atoms with Gasteiger partial charge in [0.1, 0.15) is 12.2 Å². The average molecular weight is 1550 g/mol. The molecule has 628 valence electrons. The van der Waals surface area contributed by atoms with E-state index in [2.05, 4.69) is 62.8 Å². The molecule has 0 aliphatic carbocycles. The fraction of sp³-hybridized carbons (Fsp3) is 0.940. The number of nitrogens with one attached hydrogen (secondary N) is 4. The minimum atomic E-state index is -4.70. The first kappa shape index (κ1) is 103. The van der Waals surface area contributed by atoms with E-state index in [0.717, 1.165) is 154 Å². The van der Waals surface area contributed by atoms with Crippen LogP contribution >= 0.6 is 15.6 Å². The van der Waals surface area contributed by atoms with Crippen molar-refractivity contribution in [2.45, 2.75) is 438 Å². The van der Waals surface area contributed by atoms with Gasteiger partial charge in [0.2, 0.25) is 11.8 Å². The lowest BCUT2D eigenvalue weighted by Gasteiger charge is -2.22. The summed E-state index contributed by atoms with van der Waals surface area (Å²) in [5.74, 6) is -0.846. The van der Waals surface area contributed by atoms with Gasteiger partial charge in [-0.1, -0.05) is 324 Å². The highest BCUT2D eigenvalue weighted by atomic mass is 31.2. The fourth-order valence-electron chi connectivity index (χ4n) is 12.9. The van der Waals surface area contributed by atoms with Crippen LogP contribution in [0.25, 0.3) is 0 Å². The van der Waals surface area contributed by atoms with Crippen LogP contribution in [-0.2, 0) is 65.4 Å². The molecule has 6 N–H and O–H groups in total. The Morgan fingerprint density at radius 3 is 0.811 bits per heavy atom. The number of esters is 2. The molecule has 0 bridgehead atoms. The molecule has 21 nitrogen and oxygen atoms in total. The van der Waals surface area contributed by atoms with Crippen LogP contribution in [0.3, 0.4) is 0 Å². The van der Waals surface area contributed by atoms with E-state index >= 15 is 0 Å². The zero-order chi connectivity index (χ0) is 77.8. The predicted molar refractivity (Wildman–Crippen MR) is 432 cm³/mol. The molecule has 0 aliphatic rings. The molecule has 0 aromatic rings. The highest BCUT2D eigenvalue weighted by Crippen LogP contribution is 2.44. The summed E-state index contributed by atoms with van der Waals surface area (Å²) in [7, 11) is -9.41. The van der Waals surface area contributed by atoms with Gasteiger partial charge in [0.25, 0.3) is 0 Å². The van der Waals surface area contributed by atoms with Gasteiger partial charge in [-0.3, -0.25) is 37.3 Å². The van der Waals surface area contributed by atoms with Crippen molar-refractivity contribution in [2.24, 2.45) is 0 Å². The molecule has 0 aromatic heterocycles. The maximum atomic E-state index is 13.3. The smallest absolute Gasteiger partial charge is 0.462 e. The summed E-state index contributed by atoms with van der Waals surface area (Å²) in [5, 5.41) is 10.8. The molecule has 2 unspecified atom stereocenters. The summed E-state index contributed by atoms with van der Waals surface area (Å²) >= 11 is 0. The quantitative estimate of drug-likeness (QED) is 0.0187. The Bertz CT molecular complexity index is 1960. The Labute approximate surface area is 647 Å². The maximum Gasteiger partial charge on any atom is 0.472 e. The van der Waals surface area contributed by atoms with Crippen LogP contribution < -0.4 is 21.3 Å². The van der Waals surface area contributed by atoms with E-state index in [1.165, 1.54) is 167 Å². The Kier molecular flexibility index (Phi) is 75.6. The molecule has 0 aromatic carbocycles. The minimum Gasteiger partial charge on any atom is -0.462 e. The van der Waals surface area contributed by atoms with Crippen LogP contribution in [0.2, 0.25) is 0 Å². The summed E-state index contributed by atoms with van der Waals surface area (Å²) in [4.78, 5) is 86.8. The number of carbonyl (C=O) groups is 5. The summed E-state index contributed by atoms with van der Waals surface area (Å²) in [5.41, 5.74) is 0. The normalized spacial score (nSPS) is 13.9. The Morgan fingerprint density at radius 1 is 0.292 bits per heavy atom. The average Bonchev–Trinajstić information content (AvgIpc) is 0.919. The van der Waals surface area contributed by atoms with Gasteiger partial charge in [0, 0.05) is 51.6 Å². The largest absolute Gasteiger partial charge is 0.472 e.